The lowest BCUT2D eigenvalue weighted by Gasteiger charge is -2.35. The molecule has 1 saturated heterocycles. The third kappa shape index (κ3) is 4.07. The maximum absolute atomic E-state index is 12.4. The molecule has 0 unspecified atom stereocenters. The molecule has 0 atom stereocenters. The Morgan fingerprint density at radius 3 is 2.54 bits per heavy atom. The number of aromatic nitrogens is 2. The molecule has 1 amide bonds. The zero-order valence-corrected chi connectivity index (χ0v) is 14.5. The Hall–Kier alpha value is -2.05. The van der Waals surface area contributed by atoms with Crippen molar-refractivity contribution >= 4 is 40.9 Å². The maximum Gasteiger partial charge on any atom is 0.227 e. The highest BCUT2D eigenvalue weighted by Gasteiger charge is 2.22. The van der Waals surface area contributed by atoms with E-state index in [1.165, 1.54) is 0 Å². The van der Waals surface area contributed by atoms with Gasteiger partial charge in [0.05, 0.1) is 6.42 Å². The van der Waals surface area contributed by atoms with Crippen LogP contribution in [-0.2, 0) is 11.2 Å². The maximum atomic E-state index is 12.4. The first-order valence-electron chi connectivity index (χ1n) is 7.58. The highest BCUT2D eigenvalue weighted by atomic mass is 35.5. The Kier molecular flexibility index (Phi) is 5.06. The minimum atomic E-state index is 0.0946. The monoisotopic (exact) mass is 365 g/mol. The standard InChI is InChI=1S/C16H17Cl2N5O/c17-12-3-1-2-11(8-12)9-15(24)23-6-4-22(5-7-23)14-10-13(18)20-16(19)21-14/h1-3,8,10H,4-7,9H2,(H2,19,20,21). The third-order valence-corrected chi connectivity index (χ3v) is 4.33. The van der Waals surface area contributed by atoms with Crippen LogP contribution < -0.4 is 10.6 Å². The van der Waals surface area contributed by atoms with E-state index in [2.05, 4.69) is 9.97 Å². The molecule has 1 fully saturated rings. The third-order valence-electron chi connectivity index (χ3n) is 3.90. The van der Waals surface area contributed by atoms with Crippen LogP contribution in [-0.4, -0.2) is 47.0 Å². The number of rotatable bonds is 3. The van der Waals surface area contributed by atoms with Gasteiger partial charge in [-0.15, -0.1) is 0 Å². The van der Waals surface area contributed by atoms with Crippen molar-refractivity contribution in [2.45, 2.75) is 6.42 Å². The van der Waals surface area contributed by atoms with Gasteiger partial charge in [-0.25, -0.2) is 4.98 Å². The number of nitrogens with zero attached hydrogens (tertiary/aromatic N) is 4. The Morgan fingerprint density at radius 1 is 1.12 bits per heavy atom. The highest BCUT2D eigenvalue weighted by molar-refractivity contribution is 6.30. The van der Waals surface area contributed by atoms with Gasteiger partial charge in [0.25, 0.3) is 0 Å². The molecular weight excluding hydrogens is 349 g/mol. The summed E-state index contributed by atoms with van der Waals surface area (Å²) in [5.41, 5.74) is 6.55. The summed E-state index contributed by atoms with van der Waals surface area (Å²) in [6.07, 6.45) is 0.354. The van der Waals surface area contributed by atoms with E-state index in [4.69, 9.17) is 28.9 Å². The summed E-state index contributed by atoms with van der Waals surface area (Å²) in [5.74, 6) is 0.934. The number of hydrogen-bond donors (Lipinski definition) is 1. The number of carbonyl (C=O) groups is 1. The number of carbonyl (C=O) groups excluding carboxylic acids is 1. The van der Waals surface area contributed by atoms with Crippen LogP contribution in [0.2, 0.25) is 10.2 Å². The number of anilines is 2. The first kappa shape index (κ1) is 16.8. The molecule has 2 aromatic rings. The van der Waals surface area contributed by atoms with Gasteiger partial charge in [-0.3, -0.25) is 4.79 Å². The summed E-state index contributed by atoms with van der Waals surface area (Å²) >= 11 is 11.9. The molecule has 0 saturated carbocycles. The normalized spacial score (nSPS) is 14.8. The second-order valence-electron chi connectivity index (χ2n) is 5.58. The summed E-state index contributed by atoms with van der Waals surface area (Å²) in [7, 11) is 0. The van der Waals surface area contributed by atoms with Gasteiger partial charge in [0, 0.05) is 37.3 Å². The highest BCUT2D eigenvalue weighted by Crippen LogP contribution is 2.19. The van der Waals surface area contributed by atoms with E-state index >= 15 is 0 Å². The number of nitrogen functional groups attached to an aromatic ring is 1. The second-order valence-corrected chi connectivity index (χ2v) is 6.41. The zero-order chi connectivity index (χ0) is 17.1. The molecule has 0 radical (unpaired) electrons. The molecule has 0 spiro atoms. The Labute approximate surface area is 150 Å². The molecule has 8 heteroatoms. The van der Waals surface area contributed by atoms with Crippen LogP contribution in [0.3, 0.4) is 0 Å². The van der Waals surface area contributed by atoms with Crippen LogP contribution in [0.15, 0.2) is 30.3 Å². The largest absolute Gasteiger partial charge is 0.368 e. The van der Waals surface area contributed by atoms with Crippen LogP contribution in [0, 0.1) is 0 Å². The molecule has 1 aromatic carbocycles. The average Bonchev–Trinajstić information content (AvgIpc) is 2.54. The molecule has 126 valence electrons. The fraction of sp³-hybridized carbons (Fsp3) is 0.312. The van der Waals surface area contributed by atoms with E-state index < -0.39 is 0 Å². The first-order chi connectivity index (χ1) is 11.5. The Bertz CT molecular complexity index is 727. The van der Waals surface area contributed by atoms with E-state index in [1.54, 1.807) is 12.1 Å². The van der Waals surface area contributed by atoms with E-state index in [0.717, 1.165) is 5.56 Å². The smallest absolute Gasteiger partial charge is 0.227 e. The summed E-state index contributed by atoms with van der Waals surface area (Å²) in [6, 6.07) is 9.06. The fourth-order valence-corrected chi connectivity index (χ4v) is 3.10. The van der Waals surface area contributed by atoms with Gasteiger partial charge in [0.15, 0.2) is 0 Å². The molecule has 24 heavy (non-hydrogen) atoms. The van der Waals surface area contributed by atoms with E-state index in [1.807, 2.05) is 28.0 Å². The molecule has 0 aliphatic carbocycles. The fourth-order valence-electron chi connectivity index (χ4n) is 2.70. The molecule has 2 N–H and O–H groups in total. The van der Waals surface area contributed by atoms with Crippen LogP contribution in [0.1, 0.15) is 5.56 Å². The number of nitrogens with two attached hydrogens (primary N) is 1. The van der Waals surface area contributed by atoms with Crippen LogP contribution in [0.4, 0.5) is 11.8 Å². The van der Waals surface area contributed by atoms with Gasteiger partial charge in [-0.1, -0.05) is 35.3 Å². The SMILES string of the molecule is Nc1nc(Cl)cc(N2CCN(C(=O)Cc3cccc(Cl)c3)CC2)n1. The average molecular weight is 366 g/mol. The minimum Gasteiger partial charge on any atom is -0.368 e. The number of piperazine rings is 1. The van der Waals surface area contributed by atoms with Gasteiger partial charge in [-0.05, 0) is 17.7 Å². The van der Waals surface area contributed by atoms with Crippen LogP contribution >= 0.6 is 23.2 Å². The Morgan fingerprint density at radius 2 is 1.88 bits per heavy atom. The predicted octanol–water partition coefficient (Wildman–Crippen LogP) is 2.26. The van der Waals surface area contributed by atoms with Crippen molar-refractivity contribution < 1.29 is 4.79 Å². The number of benzene rings is 1. The second kappa shape index (κ2) is 7.23. The van der Waals surface area contributed by atoms with Gasteiger partial charge >= 0.3 is 0 Å². The summed E-state index contributed by atoms with van der Waals surface area (Å²) in [5, 5.41) is 0.959. The van der Waals surface area contributed by atoms with Crippen molar-refractivity contribution in [3.05, 3.63) is 46.1 Å². The van der Waals surface area contributed by atoms with E-state index in [-0.39, 0.29) is 11.9 Å². The molecule has 1 aromatic heterocycles. The van der Waals surface area contributed by atoms with E-state index in [9.17, 15) is 4.79 Å². The lowest BCUT2D eigenvalue weighted by atomic mass is 10.1. The Balaban J connectivity index is 1.59. The zero-order valence-electron chi connectivity index (χ0n) is 13.0. The lowest BCUT2D eigenvalue weighted by Crippen LogP contribution is -2.49. The van der Waals surface area contributed by atoms with Crippen LogP contribution in [0.25, 0.3) is 0 Å². The van der Waals surface area contributed by atoms with Gasteiger partial charge in [0.1, 0.15) is 11.0 Å². The molecule has 1 aliphatic rings. The minimum absolute atomic E-state index is 0.0946. The summed E-state index contributed by atoms with van der Waals surface area (Å²) in [6.45, 7) is 2.60. The molecule has 0 bridgehead atoms. The topological polar surface area (TPSA) is 75.3 Å². The van der Waals surface area contributed by atoms with Crippen molar-refractivity contribution in [1.82, 2.24) is 14.9 Å². The van der Waals surface area contributed by atoms with Gasteiger partial charge < -0.3 is 15.5 Å². The van der Waals surface area contributed by atoms with Crippen molar-refractivity contribution in [2.24, 2.45) is 0 Å². The van der Waals surface area contributed by atoms with Crippen molar-refractivity contribution in [1.29, 1.82) is 0 Å². The van der Waals surface area contributed by atoms with Crippen LogP contribution in [0.5, 0.6) is 0 Å². The van der Waals surface area contributed by atoms with Crippen molar-refractivity contribution in [3.8, 4) is 0 Å². The predicted molar refractivity (Wildman–Crippen MR) is 95.4 cm³/mol. The van der Waals surface area contributed by atoms with Crippen molar-refractivity contribution in [2.75, 3.05) is 36.8 Å². The molecule has 2 heterocycles. The molecular formula is C16H17Cl2N5O. The number of halogens is 2. The van der Waals surface area contributed by atoms with Gasteiger partial charge in [0.2, 0.25) is 11.9 Å². The van der Waals surface area contributed by atoms with Crippen molar-refractivity contribution in [3.63, 3.8) is 0 Å². The molecule has 1 aliphatic heterocycles. The number of hydrogen-bond acceptors (Lipinski definition) is 5. The van der Waals surface area contributed by atoms with Gasteiger partial charge in [-0.2, -0.15) is 4.98 Å². The van der Waals surface area contributed by atoms with E-state index in [0.29, 0.717) is 48.6 Å². The summed E-state index contributed by atoms with van der Waals surface area (Å²) < 4.78 is 0. The number of amides is 1. The quantitative estimate of drug-likeness (QED) is 0.844. The first-order valence-corrected chi connectivity index (χ1v) is 8.34. The molecule has 3 rings (SSSR count). The lowest BCUT2D eigenvalue weighted by molar-refractivity contribution is -0.130. The summed E-state index contributed by atoms with van der Waals surface area (Å²) in [4.78, 5) is 24.4. The molecule has 6 nitrogen and oxygen atoms in total.